The summed E-state index contributed by atoms with van der Waals surface area (Å²) < 4.78 is 0. The van der Waals surface area contributed by atoms with Crippen molar-refractivity contribution >= 4 is 35.6 Å². The fourth-order valence-corrected chi connectivity index (χ4v) is 3.13. The molecule has 0 saturated carbocycles. The van der Waals surface area contributed by atoms with Crippen LogP contribution in [0.15, 0.2) is 17.5 Å². The summed E-state index contributed by atoms with van der Waals surface area (Å²) in [6.45, 7) is 3.15. The van der Waals surface area contributed by atoms with Crippen LogP contribution in [0.3, 0.4) is 0 Å². The molecule has 1 aliphatic rings. The highest BCUT2D eigenvalue weighted by Gasteiger charge is 2.21. The largest absolute Gasteiger partial charge is 0.352 e. The maximum atomic E-state index is 12.0. The predicted molar refractivity (Wildman–Crippen MR) is 87.2 cm³/mol. The Morgan fingerprint density at radius 2 is 2.29 bits per heavy atom. The first kappa shape index (κ1) is 17.9. The molecule has 2 heterocycles. The summed E-state index contributed by atoms with van der Waals surface area (Å²) in [5.74, 6) is -0.190. The van der Waals surface area contributed by atoms with E-state index in [1.54, 1.807) is 13.1 Å². The van der Waals surface area contributed by atoms with Gasteiger partial charge in [-0.2, -0.15) is 0 Å². The van der Waals surface area contributed by atoms with Gasteiger partial charge in [-0.1, -0.05) is 6.07 Å². The molecule has 1 aromatic rings. The number of nitrogens with zero attached hydrogens (tertiary/aromatic N) is 1. The second-order valence-corrected chi connectivity index (χ2v) is 6.23. The first-order chi connectivity index (χ1) is 9.56. The second-order valence-electron chi connectivity index (χ2n) is 5.28. The van der Waals surface area contributed by atoms with Crippen molar-refractivity contribution in [3.8, 4) is 0 Å². The monoisotopic (exact) mass is 331 g/mol. The summed E-state index contributed by atoms with van der Waals surface area (Å²) in [6, 6.07) is 4.25. The summed E-state index contributed by atoms with van der Waals surface area (Å²) in [5, 5.41) is 8.22. The number of hydrogen-bond acceptors (Lipinski definition) is 4. The minimum atomic E-state index is -0.103. The summed E-state index contributed by atoms with van der Waals surface area (Å²) in [4.78, 5) is 26.1. The average molecular weight is 332 g/mol. The van der Waals surface area contributed by atoms with Gasteiger partial charge in [0, 0.05) is 19.1 Å². The van der Waals surface area contributed by atoms with Crippen LogP contribution >= 0.6 is 23.7 Å². The molecule has 1 aromatic heterocycles. The highest BCUT2D eigenvalue weighted by molar-refractivity contribution is 7.12. The average Bonchev–Trinajstić information content (AvgIpc) is 2.91. The van der Waals surface area contributed by atoms with Gasteiger partial charge in [0.25, 0.3) is 5.91 Å². The van der Waals surface area contributed by atoms with E-state index in [1.165, 1.54) is 16.2 Å². The Hall–Kier alpha value is -1.11. The Labute approximate surface area is 135 Å². The van der Waals surface area contributed by atoms with E-state index in [-0.39, 0.29) is 36.8 Å². The van der Waals surface area contributed by atoms with E-state index in [0.717, 1.165) is 19.4 Å². The van der Waals surface area contributed by atoms with Gasteiger partial charge in [-0.15, -0.1) is 23.7 Å². The highest BCUT2D eigenvalue weighted by Crippen LogP contribution is 2.11. The fraction of sp³-hybridized carbons (Fsp3) is 0.571. The topological polar surface area (TPSA) is 61.4 Å². The van der Waals surface area contributed by atoms with Crippen LogP contribution in [0.25, 0.3) is 0 Å². The number of thiophene rings is 1. The number of rotatable bonds is 4. The molecule has 5 nitrogen and oxygen atoms in total. The molecule has 2 atom stereocenters. The minimum Gasteiger partial charge on any atom is -0.352 e. The summed E-state index contributed by atoms with van der Waals surface area (Å²) in [7, 11) is 1.66. The molecule has 1 aliphatic heterocycles. The fourth-order valence-electron chi connectivity index (χ4n) is 2.41. The molecule has 0 spiro atoms. The number of piperidine rings is 1. The maximum Gasteiger partial charge on any atom is 0.264 e. The van der Waals surface area contributed by atoms with Crippen molar-refractivity contribution in [1.29, 1.82) is 0 Å². The first-order valence-electron chi connectivity index (χ1n) is 6.88. The number of carbonyl (C=O) groups is 2. The van der Waals surface area contributed by atoms with Crippen molar-refractivity contribution in [2.24, 2.45) is 0 Å². The molecular formula is C14H22ClN3O2S. The van der Waals surface area contributed by atoms with Gasteiger partial charge in [0.2, 0.25) is 5.91 Å². The van der Waals surface area contributed by atoms with E-state index in [1.807, 2.05) is 11.4 Å². The lowest BCUT2D eigenvalue weighted by atomic mass is 10.0. The zero-order valence-corrected chi connectivity index (χ0v) is 13.9. The van der Waals surface area contributed by atoms with E-state index >= 15 is 0 Å². The SMILES string of the molecule is CC1CC(NC(=O)CN(C)C(=O)c2cccs2)CCN1.Cl. The summed E-state index contributed by atoms with van der Waals surface area (Å²) in [5.41, 5.74) is 0. The van der Waals surface area contributed by atoms with E-state index in [0.29, 0.717) is 10.9 Å². The molecule has 21 heavy (non-hydrogen) atoms. The van der Waals surface area contributed by atoms with Gasteiger partial charge in [0.05, 0.1) is 11.4 Å². The normalized spacial score (nSPS) is 21.2. The molecule has 7 heteroatoms. The second kappa shape index (κ2) is 8.36. The van der Waals surface area contributed by atoms with Gasteiger partial charge in [0.15, 0.2) is 0 Å². The van der Waals surface area contributed by atoms with E-state index in [4.69, 9.17) is 0 Å². The lowest BCUT2D eigenvalue weighted by Gasteiger charge is -2.29. The standard InChI is InChI=1S/C14H21N3O2S.ClH/c1-10-8-11(5-6-15-10)16-13(18)9-17(2)14(19)12-4-3-7-20-12;/h3-4,7,10-11,15H,5-6,8-9H2,1-2H3,(H,16,18);1H. The van der Waals surface area contributed by atoms with Crippen LogP contribution in [0.1, 0.15) is 29.4 Å². The van der Waals surface area contributed by atoms with Gasteiger partial charge in [0.1, 0.15) is 0 Å². The van der Waals surface area contributed by atoms with Crippen LogP contribution in [-0.4, -0.2) is 48.9 Å². The molecule has 2 N–H and O–H groups in total. The molecule has 1 saturated heterocycles. The molecule has 1 fully saturated rings. The molecule has 0 bridgehead atoms. The van der Waals surface area contributed by atoms with Gasteiger partial charge in [-0.05, 0) is 37.8 Å². The number of carbonyl (C=O) groups excluding carboxylic acids is 2. The van der Waals surface area contributed by atoms with Crippen LogP contribution in [-0.2, 0) is 4.79 Å². The zero-order valence-electron chi connectivity index (χ0n) is 12.3. The minimum absolute atomic E-state index is 0. The molecular weight excluding hydrogens is 310 g/mol. The maximum absolute atomic E-state index is 12.0. The third kappa shape index (κ3) is 5.30. The van der Waals surface area contributed by atoms with Crippen molar-refractivity contribution in [2.75, 3.05) is 20.1 Å². The van der Waals surface area contributed by atoms with Gasteiger partial charge >= 0.3 is 0 Å². The van der Waals surface area contributed by atoms with Crippen LogP contribution < -0.4 is 10.6 Å². The van der Waals surface area contributed by atoms with Gasteiger partial charge in [-0.25, -0.2) is 0 Å². The van der Waals surface area contributed by atoms with Crippen molar-refractivity contribution in [1.82, 2.24) is 15.5 Å². The number of hydrogen-bond donors (Lipinski definition) is 2. The van der Waals surface area contributed by atoms with Gasteiger partial charge in [-0.3, -0.25) is 9.59 Å². The number of likely N-dealkylation sites (N-methyl/N-ethyl adjacent to an activating group) is 1. The van der Waals surface area contributed by atoms with Crippen molar-refractivity contribution in [3.05, 3.63) is 22.4 Å². The molecule has 2 amide bonds. The van der Waals surface area contributed by atoms with Crippen molar-refractivity contribution < 1.29 is 9.59 Å². The third-order valence-corrected chi connectivity index (χ3v) is 4.31. The predicted octanol–water partition coefficient (Wildman–Crippen LogP) is 1.50. The van der Waals surface area contributed by atoms with E-state index in [2.05, 4.69) is 17.6 Å². The molecule has 0 aromatic carbocycles. The Balaban J connectivity index is 0.00000220. The Kier molecular flexibility index (Phi) is 7.14. The lowest BCUT2D eigenvalue weighted by molar-refractivity contribution is -0.122. The quantitative estimate of drug-likeness (QED) is 0.879. The summed E-state index contributed by atoms with van der Waals surface area (Å²) in [6.07, 6.45) is 1.88. The molecule has 0 aliphatic carbocycles. The smallest absolute Gasteiger partial charge is 0.264 e. The highest BCUT2D eigenvalue weighted by atomic mass is 35.5. The van der Waals surface area contributed by atoms with Gasteiger partial charge < -0.3 is 15.5 Å². The summed E-state index contributed by atoms with van der Waals surface area (Å²) >= 11 is 1.39. The molecule has 2 unspecified atom stereocenters. The number of amides is 2. The Bertz CT molecular complexity index is 467. The molecule has 0 radical (unpaired) electrons. The van der Waals surface area contributed by atoms with Crippen LogP contribution in [0.5, 0.6) is 0 Å². The lowest BCUT2D eigenvalue weighted by Crippen LogP contribution is -2.49. The zero-order chi connectivity index (χ0) is 14.5. The first-order valence-corrected chi connectivity index (χ1v) is 7.76. The number of nitrogens with one attached hydrogen (secondary N) is 2. The van der Waals surface area contributed by atoms with Crippen molar-refractivity contribution in [2.45, 2.75) is 31.8 Å². The molecule has 2 rings (SSSR count). The van der Waals surface area contributed by atoms with Crippen LogP contribution in [0.4, 0.5) is 0 Å². The Morgan fingerprint density at radius 1 is 1.52 bits per heavy atom. The van der Waals surface area contributed by atoms with Crippen molar-refractivity contribution in [3.63, 3.8) is 0 Å². The molecule has 118 valence electrons. The Morgan fingerprint density at radius 3 is 2.90 bits per heavy atom. The van der Waals surface area contributed by atoms with E-state index in [9.17, 15) is 9.59 Å². The third-order valence-electron chi connectivity index (χ3n) is 3.45. The van der Waals surface area contributed by atoms with Crippen LogP contribution in [0, 0.1) is 0 Å². The van der Waals surface area contributed by atoms with E-state index < -0.39 is 0 Å². The number of halogens is 1. The van der Waals surface area contributed by atoms with Crippen LogP contribution in [0.2, 0.25) is 0 Å².